The molecule has 2 aliphatic rings. The van der Waals surface area contributed by atoms with Gasteiger partial charge in [0.05, 0.1) is 11.7 Å². The fraction of sp³-hybridized carbons (Fsp3) is 0.632. The van der Waals surface area contributed by atoms with Crippen molar-refractivity contribution < 1.29 is 19.1 Å². The van der Waals surface area contributed by atoms with Crippen molar-refractivity contribution >= 4 is 28.9 Å². The van der Waals surface area contributed by atoms with Crippen LogP contribution in [-0.2, 0) is 14.3 Å². The Balaban J connectivity index is 1.71. The number of ketones is 1. The number of nitrogens with one attached hydrogen (secondary N) is 2. The van der Waals surface area contributed by atoms with Crippen molar-refractivity contribution in [3.05, 3.63) is 22.4 Å². The highest BCUT2D eigenvalue weighted by Gasteiger charge is 2.39. The standard InChI is InChI=1S/C19H26N2O4S/c1-12-16(15(22)10-25-12)21-18(24)14(9-19(2)6-3-4-7-19)20-17(23)13-5-8-26-11-13/h5,8,11-12,14,16H,3-4,6-7,9-10H2,1-2H3,(H,20,23)(H,21,24)/t12-,14-,16-/m0/s1. The molecule has 3 rings (SSSR count). The summed E-state index contributed by atoms with van der Waals surface area (Å²) in [5, 5.41) is 9.27. The van der Waals surface area contributed by atoms with Crippen molar-refractivity contribution in [1.29, 1.82) is 0 Å². The molecule has 2 heterocycles. The quantitative estimate of drug-likeness (QED) is 0.795. The average molecular weight is 378 g/mol. The maximum atomic E-state index is 12.9. The van der Waals surface area contributed by atoms with Gasteiger partial charge in [-0.15, -0.1) is 0 Å². The molecular weight excluding hydrogens is 352 g/mol. The molecule has 3 atom stereocenters. The second-order valence-electron chi connectivity index (χ2n) is 7.73. The maximum absolute atomic E-state index is 12.9. The summed E-state index contributed by atoms with van der Waals surface area (Å²) in [5.74, 6) is -0.687. The molecule has 142 valence electrons. The molecule has 1 saturated carbocycles. The highest BCUT2D eigenvalue weighted by Crippen LogP contribution is 2.41. The van der Waals surface area contributed by atoms with Crippen LogP contribution in [0.2, 0.25) is 0 Å². The summed E-state index contributed by atoms with van der Waals surface area (Å²) >= 11 is 1.44. The van der Waals surface area contributed by atoms with Crippen molar-refractivity contribution in [1.82, 2.24) is 10.6 Å². The van der Waals surface area contributed by atoms with Crippen molar-refractivity contribution in [2.24, 2.45) is 5.41 Å². The summed E-state index contributed by atoms with van der Waals surface area (Å²) in [4.78, 5) is 37.3. The van der Waals surface area contributed by atoms with Gasteiger partial charge < -0.3 is 15.4 Å². The minimum atomic E-state index is -0.661. The molecule has 0 radical (unpaired) electrons. The van der Waals surface area contributed by atoms with E-state index in [1.807, 2.05) is 5.38 Å². The Bertz CT molecular complexity index is 667. The van der Waals surface area contributed by atoms with E-state index in [1.165, 1.54) is 11.3 Å². The van der Waals surface area contributed by atoms with Crippen LogP contribution in [0.1, 0.15) is 56.3 Å². The van der Waals surface area contributed by atoms with Gasteiger partial charge in [0.25, 0.3) is 5.91 Å². The molecule has 1 aromatic heterocycles. The van der Waals surface area contributed by atoms with Gasteiger partial charge in [-0.25, -0.2) is 0 Å². The highest BCUT2D eigenvalue weighted by molar-refractivity contribution is 7.08. The van der Waals surface area contributed by atoms with Gasteiger partial charge in [-0.2, -0.15) is 11.3 Å². The monoisotopic (exact) mass is 378 g/mol. The molecule has 0 spiro atoms. The van der Waals surface area contributed by atoms with Gasteiger partial charge >= 0.3 is 0 Å². The number of ether oxygens (including phenoxy) is 1. The van der Waals surface area contributed by atoms with E-state index in [2.05, 4.69) is 17.6 Å². The predicted molar refractivity (Wildman–Crippen MR) is 99.1 cm³/mol. The maximum Gasteiger partial charge on any atom is 0.252 e. The van der Waals surface area contributed by atoms with Crippen LogP contribution in [-0.4, -0.2) is 42.4 Å². The molecule has 2 fully saturated rings. The summed E-state index contributed by atoms with van der Waals surface area (Å²) in [6.45, 7) is 3.96. The second-order valence-corrected chi connectivity index (χ2v) is 8.51. The molecule has 1 aromatic rings. The Morgan fingerprint density at radius 1 is 1.38 bits per heavy atom. The number of hydrogen-bond acceptors (Lipinski definition) is 5. The van der Waals surface area contributed by atoms with Crippen molar-refractivity contribution in [3.63, 3.8) is 0 Å². The molecule has 6 nitrogen and oxygen atoms in total. The number of Topliss-reactive ketones (excluding diaryl/α,β-unsaturated/α-hetero) is 1. The largest absolute Gasteiger partial charge is 0.368 e. The third-order valence-electron chi connectivity index (χ3n) is 5.52. The zero-order valence-electron chi connectivity index (χ0n) is 15.2. The van der Waals surface area contributed by atoms with Gasteiger partial charge in [-0.05, 0) is 43.0 Å². The summed E-state index contributed by atoms with van der Waals surface area (Å²) in [6.07, 6.45) is 4.62. The smallest absolute Gasteiger partial charge is 0.252 e. The van der Waals surface area contributed by atoms with Gasteiger partial charge in [0.15, 0.2) is 5.78 Å². The molecule has 0 bridgehead atoms. The third-order valence-corrected chi connectivity index (χ3v) is 6.20. The molecule has 2 amide bonds. The lowest BCUT2D eigenvalue weighted by Gasteiger charge is -2.30. The van der Waals surface area contributed by atoms with E-state index >= 15 is 0 Å². The van der Waals surface area contributed by atoms with E-state index in [0.717, 1.165) is 25.7 Å². The van der Waals surface area contributed by atoms with Gasteiger partial charge in [0.1, 0.15) is 18.7 Å². The van der Waals surface area contributed by atoms with E-state index in [9.17, 15) is 14.4 Å². The molecule has 2 N–H and O–H groups in total. The number of thiophene rings is 1. The first-order valence-corrected chi connectivity index (χ1v) is 10.1. The molecule has 0 aromatic carbocycles. The summed E-state index contributed by atoms with van der Waals surface area (Å²) in [6, 6.07) is 0.438. The lowest BCUT2D eigenvalue weighted by Crippen LogP contribution is -2.54. The molecule has 1 aliphatic carbocycles. The summed E-state index contributed by atoms with van der Waals surface area (Å²) in [5.41, 5.74) is 0.587. The molecule has 0 unspecified atom stereocenters. The van der Waals surface area contributed by atoms with Crippen molar-refractivity contribution in [2.75, 3.05) is 6.61 Å². The van der Waals surface area contributed by atoms with E-state index in [4.69, 9.17) is 4.74 Å². The van der Waals surface area contributed by atoms with Crippen LogP contribution in [0.4, 0.5) is 0 Å². The number of amides is 2. The van der Waals surface area contributed by atoms with Crippen molar-refractivity contribution in [3.8, 4) is 0 Å². The zero-order chi connectivity index (χ0) is 18.7. The first kappa shape index (κ1) is 19.0. The lowest BCUT2D eigenvalue weighted by molar-refractivity contribution is -0.128. The second kappa shape index (κ2) is 7.88. The van der Waals surface area contributed by atoms with Crippen LogP contribution in [0.5, 0.6) is 0 Å². The Hall–Kier alpha value is -1.73. The Morgan fingerprint density at radius 3 is 2.69 bits per heavy atom. The summed E-state index contributed by atoms with van der Waals surface area (Å²) in [7, 11) is 0. The number of carbonyl (C=O) groups excluding carboxylic acids is 3. The van der Waals surface area contributed by atoms with Crippen LogP contribution in [0.25, 0.3) is 0 Å². The topological polar surface area (TPSA) is 84.5 Å². The number of rotatable bonds is 6. The SMILES string of the molecule is C[C@@H]1OCC(=O)[C@H]1NC(=O)[C@H](CC1(C)CCCC1)NC(=O)c1ccsc1. The molecule has 1 saturated heterocycles. The number of carbonyl (C=O) groups is 3. The van der Waals surface area contributed by atoms with Crippen LogP contribution >= 0.6 is 11.3 Å². The van der Waals surface area contributed by atoms with Gasteiger partial charge in [0, 0.05) is 5.38 Å². The molecule has 26 heavy (non-hydrogen) atoms. The van der Waals surface area contributed by atoms with Crippen LogP contribution in [0, 0.1) is 5.41 Å². The normalized spacial score (nSPS) is 25.8. The first-order valence-electron chi connectivity index (χ1n) is 9.16. The zero-order valence-corrected chi connectivity index (χ0v) is 16.1. The van der Waals surface area contributed by atoms with E-state index in [1.54, 1.807) is 18.4 Å². The molecular formula is C19H26N2O4S. The van der Waals surface area contributed by atoms with Crippen LogP contribution in [0.3, 0.4) is 0 Å². The Labute approximate surface area is 157 Å². The predicted octanol–water partition coefficient (Wildman–Crippen LogP) is 2.29. The third kappa shape index (κ3) is 4.32. The summed E-state index contributed by atoms with van der Waals surface area (Å²) < 4.78 is 5.30. The molecule has 1 aliphatic heterocycles. The van der Waals surface area contributed by atoms with Crippen LogP contribution < -0.4 is 10.6 Å². The van der Waals surface area contributed by atoms with Crippen LogP contribution in [0.15, 0.2) is 16.8 Å². The fourth-order valence-corrected chi connectivity index (χ4v) is 4.52. The van der Waals surface area contributed by atoms with Gasteiger partial charge in [0.2, 0.25) is 5.91 Å². The van der Waals surface area contributed by atoms with E-state index < -0.39 is 12.1 Å². The highest BCUT2D eigenvalue weighted by atomic mass is 32.1. The Morgan fingerprint density at radius 2 is 2.12 bits per heavy atom. The lowest BCUT2D eigenvalue weighted by atomic mass is 9.81. The Kier molecular flexibility index (Phi) is 5.77. The average Bonchev–Trinajstić information content (AvgIpc) is 3.33. The van der Waals surface area contributed by atoms with Gasteiger partial charge in [-0.1, -0.05) is 19.8 Å². The molecule has 7 heteroatoms. The van der Waals surface area contributed by atoms with E-state index in [-0.39, 0.29) is 35.7 Å². The number of hydrogen-bond donors (Lipinski definition) is 2. The first-order chi connectivity index (χ1) is 12.4. The van der Waals surface area contributed by atoms with Crippen molar-refractivity contribution in [2.45, 2.75) is 64.1 Å². The fourth-order valence-electron chi connectivity index (χ4n) is 3.88. The minimum absolute atomic E-state index is 0.0236. The van der Waals surface area contributed by atoms with E-state index in [0.29, 0.717) is 12.0 Å². The minimum Gasteiger partial charge on any atom is -0.368 e. The van der Waals surface area contributed by atoms with Gasteiger partial charge in [-0.3, -0.25) is 14.4 Å².